The lowest BCUT2D eigenvalue weighted by Crippen LogP contribution is -2.57. The molecule has 4 aliphatic rings. The van der Waals surface area contributed by atoms with Crippen LogP contribution in [0.2, 0.25) is 0 Å². The van der Waals surface area contributed by atoms with Gasteiger partial charge in [-0.3, -0.25) is 19.3 Å². The number of rotatable bonds is 16. The Morgan fingerprint density at radius 1 is 1.15 bits per heavy atom. The molecule has 0 aliphatic carbocycles. The molecule has 4 saturated heterocycles. The SMILES string of the molecule is C=CCCCCOC(=O)[C@H]1[C@H]2C(=O)N(CCCCO)C(C(=O)N(CC=C)CCN3CCOCC3)C23CC(Br)[C@@H]1O3. The summed E-state index contributed by atoms with van der Waals surface area (Å²) in [4.78, 5) is 47.2. The molecule has 3 unspecified atom stereocenters. The summed E-state index contributed by atoms with van der Waals surface area (Å²) in [5.74, 6) is -2.42. The van der Waals surface area contributed by atoms with Crippen molar-refractivity contribution < 1.29 is 33.7 Å². The first-order chi connectivity index (χ1) is 19.4. The Bertz CT molecular complexity index is 929. The monoisotopic (exact) mass is 625 g/mol. The van der Waals surface area contributed by atoms with Gasteiger partial charge in [-0.25, -0.2) is 0 Å². The molecule has 1 N–H and O–H groups in total. The number of alkyl halides is 1. The van der Waals surface area contributed by atoms with Gasteiger partial charge in [0.25, 0.3) is 0 Å². The number of aliphatic hydroxyl groups excluding tert-OH is 1. The number of amides is 2. The fourth-order valence-corrected chi connectivity index (χ4v) is 7.62. The summed E-state index contributed by atoms with van der Waals surface area (Å²) < 4.78 is 17.7. The number of hydrogen-bond donors (Lipinski definition) is 1. The van der Waals surface area contributed by atoms with E-state index in [-0.39, 0.29) is 29.9 Å². The van der Waals surface area contributed by atoms with Crippen LogP contribution in [0, 0.1) is 11.8 Å². The van der Waals surface area contributed by atoms with Crippen LogP contribution >= 0.6 is 15.9 Å². The van der Waals surface area contributed by atoms with Crippen molar-refractivity contribution in [2.75, 3.05) is 65.7 Å². The van der Waals surface area contributed by atoms with Crippen molar-refractivity contribution >= 4 is 33.7 Å². The van der Waals surface area contributed by atoms with Crippen LogP contribution in [0.5, 0.6) is 0 Å². The molecular formula is C29H44BrN3O7. The van der Waals surface area contributed by atoms with Gasteiger partial charge in [0.1, 0.15) is 11.6 Å². The summed E-state index contributed by atoms with van der Waals surface area (Å²) in [7, 11) is 0. The van der Waals surface area contributed by atoms with Crippen molar-refractivity contribution in [3.05, 3.63) is 25.3 Å². The fraction of sp³-hybridized carbons (Fsp3) is 0.759. The lowest BCUT2D eigenvalue weighted by molar-refractivity contribution is -0.155. The van der Waals surface area contributed by atoms with Crippen LogP contribution in [0.25, 0.3) is 0 Å². The van der Waals surface area contributed by atoms with E-state index in [1.807, 2.05) is 6.08 Å². The van der Waals surface area contributed by atoms with Gasteiger partial charge in [-0.2, -0.15) is 0 Å². The van der Waals surface area contributed by atoms with Gasteiger partial charge in [-0.1, -0.05) is 28.1 Å². The number of nitrogens with zero attached hydrogens (tertiary/aromatic N) is 3. The van der Waals surface area contributed by atoms with Gasteiger partial charge < -0.3 is 29.1 Å². The summed E-state index contributed by atoms with van der Waals surface area (Å²) in [5.41, 5.74) is -1.11. The fourth-order valence-electron chi connectivity index (χ4n) is 6.68. The molecule has 2 bridgehead atoms. The number of unbranched alkanes of at least 4 members (excludes halogenated alkanes) is 3. The molecule has 11 heteroatoms. The van der Waals surface area contributed by atoms with E-state index in [4.69, 9.17) is 14.2 Å². The minimum absolute atomic E-state index is 0.000204. The topological polar surface area (TPSA) is 109 Å². The first-order valence-electron chi connectivity index (χ1n) is 14.6. The number of halogens is 1. The van der Waals surface area contributed by atoms with Gasteiger partial charge in [-0.05, 0) is 38.5 Å². The third kappa shape index (κ3) is 6.33. The van der Waals surface area contributed by atoms with Gasteiger partial charge in [0.05, 0.1) is 37.8 Å². The zero-order valence-electron chi connectivity index (χ0n) is 23.4. The molecule has 6 atom stereocenters. The number of ether oxygens (including phenoxy) is 3. The largest absolute Gasteiger partial charge is 0.465 e. The molecule has 0 aromatic rings. The summed E-state index contributed by atoms with van der Waals surface area (Å²) in [6.45, 7) is 12.6. The van der Waals surface area contributed by atoms with Crippen molar-refractivity contribution in [1.82, 2.24) is 14.7 Å². The van der Waals surface area contributed by atoms with Gasteiger partial charge in [0.15, 0.2) is 0 Å². The first-order valence-corrected chi connectivity index (χ1v) is 15.5. The van der Waals surface area contributed by atoms with Gasteiger partial charge in [0, 0.05) is 50.7 Å². The molecule has 10 nitrogen and oxygen atoms in total. The predicted molar refractivity (Wildman–Crippen MR) is 153 cm³/mol. The van der Waals surface area contributed by atoms with E-state index in [0.29, 0.717) is 65.1 Å². The molecule has 0 aromatic carbocycles. The standard InChI is InChI=1S/C29H44BrN3O7/c1-3-5-6-9-17-39-28(37)22-23-26(35)33(11-7-8-16-34)25(29(23)20-21(30)24(22)40-29)27(36)32(10-4-2)13-12-31-14-18-38-19-15-31/h3-4,21-25,34H,1-2,5-20H2/t21?,22-,23-,24-,25?,29?/m0/s1. The highest BCUT2D eigenvalue weighted by atomic mass is 79.9. The van der Waals surface area contributed by atoms with E-state index in [2.05, 4.69) is 34.0 Å². The zero-order valence-corrected chi connectivity index (χ0v) is 25.0. The summed E-state index contributed by atoms with van der Waals surface area (Å²) >= 11 is 3.70. The number of carbonyl (C=O) groups is 3. The maximum atomic E-state index is 14.3. The van der Waals surface area contributed by atoms with Crippen LogP contribution in [-0.4, -0.2) is 126 Å². The molecule has 40 heavy (non-hydrogen) atoms. The minimum Gasteiger partial charge on any atom is -0.465 e. The van der Waals surface area contributed by atoms with E-state index < -0.39 is 35.6 Å². The highest BCUT2D eigenvalue weighted by Gasteiger charge is 2.77. The maximum Gasteiger partial charge on any atom is 0.312 e. The summed E-state index contributed by atoms with van der Waals surface area (Å²) in [6, 6.07) is -0.858. The van der Waals surface area contributed by atoms with Crippen molar-refractivity contribution in [1.29, 1.82) is 0 Å². The second kappa shape index (κ2) is 14.4. The number of fused-ring (bicyclic) bond motifs is 1. The smallest absolute Gasteiger partial charge is 0.312 e. The average molecular weight is 627 g/mol. The second-order valence-corrected chi connectivity index (χ2v) is 12.3. The second-order valence-electron chi connectivity index (χ2n) is 11.1. The Morgan fingerprint density at radius 3 is 2.62 bits per heavy atom. The van der Waals surface area contributed by atoms with Crippen LogP contribution in [0.3, 0.4) is 0 Å². The highest BCUT2D eigenvalue weighted by molar-refractivity contribution is 9.09. The van der Waals surface area contributed by atoms with Crippen molar-refractivity contribution in [2.24, 2.45) is 11.8 Å². The minimum atomic E-state index is -1.11. The summed E-state index contributed by atoms with van der Waals surface area (Å²) in [5, 5.41) is 9.38. The molecule has 4 heterocycles. The van der Waals surface area contributed by atoms with Crippen molar-refractivity contribution in [3.8, 4) is 0 Å². The highest BCUT2D eigenvalue weighted by Crippen LogP contribution is 2.60. The Hall–Kier alpha value is -1.79. The number of likely N-dealkylation sites (tertiary alicyclic amines) is 1. The molecule has 0 radical (unpaired) electrons. The summed E-state index contributed by atoms with van der Waals surface area (Å²) in [6.07, 6.45) is 6.94. The van der Waals surface area contributed by atoms with Crippen LogP contribution < -0.4 is 0 Å². The van der Waals surface area contributed by atoms with E-state index in [0.717, 1.165) is 25.9 Å². The van der Waals surface area contributed by atoms with E-state index >= 15 is 0 Å². The first kappa shape index (κ1) is 31.2. The third-order valence-electron chi connectivity index (χ3n) is 8.60. The lowest BCUT2D eigenvalue weighted by Gasteiger charge is -2.38. The number of aliphatic hydroxyl groups is 1. The Labute approximate surface area is 245 Å². The number of allylic oxidation sites excluding steroid dienone is 1. The van der Waals surface area contributed by atoms with Gasteiger partial charge in [0.2, 0.25) is 11.8 Å². The predicted octanol–water partition coefficient (Wildman–Crippen LogP) is 1.75. The Morgan fingerprint density at radius 2 is 1.93 bits per heavy atom. The molecule has 4 fully saturated rings. The number of hydrogen-bond acceptors (Lipinski definition) is 8. The van der Waals surface area contributed by atoms with Crippen LogP contribution in [0.15, 0.2) is 25.3 Å². The van der Waals surface area contributed by atoms with Crippen molar-refractivity contribution in [3.63, 3.8) is 0 Å². The quantitative estimate of drug-likeness (QED) is 0.120. The number of esters is 1. The molecule has 0 aromatic heterocycles. The molecule has 0 saturated carbocycles. The molecule has 4 rings (SSSR count). The number of morpholine rings is 1. The molecule has 224 valence electrons. The third-order valence-corrected chi connectivity index (χ3v) is 9.45. The van der Waals surface area contributed by atoms with Crippen molar-refractivity contribution in [2.45, 2.75) is 61.1 Å². The van der Waals surface area contributed by atoms with Crippen LogP contribution in [0.1, 0.15) is 38.5 Å². The van der Waals surface area contributed by atoms with Gasteiger partial charge >= 0.3 is 5.97 Å². The van der Waals surface area contributed by atoms with E-state index in [9.17, 15) is 19.5 Å². The average Bonchev–Trinajstić information content (AvgIpc) is 3.54. The lowest BCUT2D eigenvalue weighted by atomic mass is 9.70. The van der Waals surface area contributed by atoms with E-state index in [1.165, 1.54) is 0 Å². The van der Waals surface area contributed by atoms with E-state index in [1.54, 1.807) is 15.9 Å². The Kier molecular flexibility index (Phi) is 11.2. The normalized spacial score (nSPS) is 31.3. The molecule has 2 amide bonds. The van der Waals surface area contributed by atoms with Crippen LogP contribution in [-0.2, 0) is 28.6 Å². The Balaban J connectivity index is 1.57. The molecule has 4 aliphatic heterocycles. The maximum absolute atomic E-state index is 14.3. The van der Waals surface area contributed by atoms with Gasteiger partial charge in [-0.15, -0.1) is 13.2 Å². The molecule has 1 spiro atoms. The molecular weight excluding hydrogens is 582 g/mol. The van der Waals surface area contributed by atoms with Crippen LogP contribution in [0.4, 0.5) is 0 Å². The zero-order chi connectivity index (χ0) is 28.7. The number of carbonyl (C=O) groups excluding carboxylic acids is 3.